The first-order valence-corrected chi connectivity index (χ1v) is 12.5. The smallest absolute Gasteiger partial charge is 0.376 e. The van der Waals surface area contributed by atoms with Gasteiger partial charge in [0, 0.05) is 26.4 Å². The molecule has 1 N–H and O–H groups in total. The lowest BCUT2D eigenvalue weighted by molar-refractivity contribution is -0.376. The third-order valence-electron chi connectivity index (χ3n) is 6.55. The first-order valence-electron chi connectivity index (χ1n) is 12.5. The Balaban J connectivity index is 1.64. The first kappa shape index (κ1) is 32.5. The fraction of sp³-hybridized carbons (Fsp3) is 0.464. The maximum Gasteiger partial charge on any atom is 0.430 e. The molecule has 1 saturated heterocycles. The van der Waals surface area contributed by atoms with E-state index in [-0.39, 0.29) is 12.2 Å². The quantitative estimate of drug-likeness (QED) is 0.165. The highest BCUT2D eigenvalue weighted by atomic mass is 19.4. The zero-order valence-corrected chi connectivity index (χ0v) is 22.6. The van der Waals surface area contributed by atoms with E-state index in [2.05, 4.69) is 5.16 Å². The molecule has 1 aliphatic heterocycles. The average Bonchev–Trinajstić information content (AvgIpc) is 2.91. The van der Waals surface area contributed by atoms with Gasteiger partial charge < -0.3 is 28.9 Å². The molecule has 3 rings (SSSR count). The highest BCUT2D eigenvalue weighted by molar-refractivity contribution is 5.80. The number of hydrogen-bond acceptors (Lipinski definition) is 7. The van der Waals surface area contributed by atoms with Crippen molar-refractivity contribution in [3.63, 3.8) is 0 Å². The predicted molar refractivity (Wildman–Crippen MR) is 138 cm³/mol. The summed E-state index contributed by atoms with van der Waals surface area (Å²) in [6.07, 6.45) is -9.85. The molecule has 0 amide bonds. The molecule has 0 radical (unpaired) electrons. The molecule has 1 aliphatic rings. The molecule has 0 unspecified atom stereocenters. The largest absolute Gasteiger partial charge is 0.430 e. The lowest BCUT2D eigenvalue weighted by Crippen LogP contribution is -2.59. The number of aliphatic hydroxyl groups is 1. The summed E-state index contributed by atoms with van der Waals surface area (Å²) in [7, 11) is 3.07. The van der Waals surface area contributed by atoms with E-state index in [4.69, 9.17) is 23.8 Å². The van der Waals surface area contributed by atoms with Gasteiger partial charge in [-0.3, -0.25) is 0 Å². The molecule has 41 heavy (non-hydrogen) atoms. The van der Waals surface area contributed by atoms with Crippen molar-refractivity contribution in [2.24, 2.45) is 5.16 Å². The van der Waals surface area contributed by atoms with Gasteiger partial charge in [0.15, 0.2) is 6.10 Å². The van der Waals surface area contributed by atoms with Crippen molar-refractivity contribution in [1.82, 2.24) is 0 Å². The number of rotatable bonds is 10. The van der Waals surface area contributed by atoms with Crippen LogP contribution in [0.15, 0.2) is 53.7 Å². The lowest BCUT2D eigenvalue weighted by atomic mass is 9.91. The molecule has 226 valence electrons. The van der Waals surface area contributed by atoms with E-state index in [9.17, 15) is 31.4 Å². The van der Waals surface area contributed by atoms with Crippen LogP contribution in [-0.2, 0) is 29.4 Å². The van der Waals surface area contributed by atoms with Crippen molar-refractivity contribution < 1.29 is 55.2 Å². The number of oxime groups is 1. The molecule has 0 bridgehead atoms. The van der Waals surface area contributed by atoms with Crippen molar-refractivity contribution in [3.05, 3.63) is 70.8 Å². The Morgan fingerprint density at radius 1 is 0.805 bits per heavy atom. The Morgan fingerprint density at radius 3 is 1.76 bits per heavy atom. The summed E-state index contributed by atoms with van der Waals surface area (Å²) < 4.78 is 101. The van der Waals surface area contributed by atoms with Crippen molar-refractivity contribution in [2.75, 3.05) is 20.8 Å². The Bertz CT molecular complexity index is 1150. The van der Waals surface area contributed by atoms with Gasteiger partial charge in [0.05, 0.1) is 12.3 Å². The minimum absolute atomic E-state index is 0.329. The highest BCUT2D eigenvalue weighted by Gasteiger charge is 2.71. The van der Waals surface area contributed by atoms with Crippen molar-refractivity contribution in [2.45, 2.75) is 62.5 Å². The van der Waals surface area contributed by atoms with Crippen LogP contribution in [0.1, 0.15) is 36.1 Å². The lowest BCUT2D eigenvalue weighted by Gasteiger charge is -2.42. The van der Waals surface area contributed by atoms with Crippen molar-refractivity contribution in [3.8, 4) is 0 Å². The highest BCUT2D eigenvalue weighted by Crippen LogP contribution is 2.50. The Hall–Kier alpha value is -2.97. The normalized spacial score (nSPS) is 24.3. The fourth-order valence-electron chi connectivity index (χ4n) is 4.37. The number of hydrogen-bond donors (Lipinski definition) is 1. The number of nitrogens with zero attached hydrogens (tertiary/aromatic N) is 1. The number of methoxy groups -OCH3 is 2. The van der Waals surface area contributed by atoms with Crippen LogP contribution in [0, 0.1) is 0 Å². The van der Waals surface area contributed by atoms with Gasteiger partial charge in [0.25, 0.3) is 11.9 Å². The zero-order chi connectivity index (χ0) is 30.4. The van der Waals surface area contributed by atoms with Gasteiger partial charge in [-0.15, -0.1) is 0 Å². The van der Waals surface area contributed by atoms with E-state index in [0.717, 1.165) is 12.1 Å². The Morgan fingerprint density at radius 2 is 1.29 bits per heavy atom. The van der Waals surface area contributed by atoms with Gasteiger partial charge in [-0.05, 0) is 30.5 Å². The van der Waals surface area contributed by atoms with E-state index in [1.165, 1.54) is 19.4 Å². The van der Waals surface area contributed by atoms with Crippen LogP contribution in [0.3, 0.4) is 0 Å². The molecule has 0 aliphatic carbocycles. The van der Waals surface area contributed by atoms with Crippen molar-refractivity contribution >= 4 is 18.4 Å². The van der Waals surface area contributed by atoms with E-state index >= 15 is 0 Å². The number of alkyl halides is 6. The van der Waals surface area contributed by atoms with Crippen LogP contribution in [0.2, 0.25) is 0 Å². The Kier molecular flexibility index (Phi) is 10.6. The molecule has 2 aromatic carbocycles. The Labute approximate surface area is 233 Å². The predicted octanol–water partition coefficient (Wildman–Crippen LogP) is 5.70. The van der Waals surface area contributed by atoms with E-state index < -0.39 is 42.0 Å². The van der Waals surface area contributed by atoms with Crippen LogP contribution in [0.4, 0.5) is 26.3 Å². The van der Waals surface area contributed by atoms with Crippen LogP contribution in [-0.4, -0.2) is 75.2 Å². The van der Waals surface area contributed by atoms with E-state index in [0.29, 0.717) is 35.4 Å². The van der Waals surface area contributed by atoms with Gasteiger partial charge in [-0.2, -0.15) is 26.3 Å². The topological polar surface area (TPSA) is 78.7 Å². The maximum absolute atomic E-state index is 13.1. The molecule has 0 saturated carbocycles. The van der Waals surface area contributed by atoms with Crippen molar-refractivity contribution in [1.29, 1.82) is 0 Å². The zero-order valence-electron chi connectivity index (χ0n) is 22.6. The molecule has 2 aromatic rings. The standard InChI is InChI=1S/C28H31F6NO6/c1-5-39-23-22(37-3)17(2)40-25(24(23)38-4)41-35-16-20-10-8-18(9-11-20)6-7-19-12-14-21(15-13-19)26(36,27(29,30)31)28(32,33)34/h6-17,22-25,36H,5H2,1-4H3/t17-,22-,23+,24+,25-/m0/s1. The van der Waals surface area contributed by atoms with Gasteiger partial charge in [-0.25, -0.2) is 0 Å². The van der Waals surface area contributed by atoms with Crippen LogP contribution < -0.4 is 0 Å². The average molecular weight is 592 g/mol. The second kappa shape index (κ2) is 13.3. The second-order valence-electron chi connectivity index (χ2n) is 9.20. The molecule has 0 spiro atoms. The minimum atomic E-state index is -5.94. The number of halogens is 6. The SMILES string of the molecule is CCO[C@@H]1[C@@H](OC)[C@H](C)O[C@@H](ON=Cc2ccc(C=Cc3ccc(C(O)(C(F)(F)F)C(F)(F)F)cc3)cc2)[C@@H]1OC. The van der Waals surface area contributed by atoms with Crippen LogP contribution >= 0.6 is 0 Å². The summed E-state index contributed by atoms with van der Waals surface area (Å²) in [5.74, 6) is 0. The molecular formula is C28H31F6NO6. The fourth-order valence-corrected chi connectivity index (χ4v) is 4.37. The number of benzene rings is 2. The molecule has 13 heteroatoms. The summed E-state index contributed by atoms with van der Waals surface area (Å²) in [4.78, 5) is 5.56. The van der Waals surface area contributed by atoms with Gasteiger partial charge in [0.2, 0.25) is 0 Å². The first-order chi connectivity index (χ1) is 19.3. The molecule has 7 nitrogen and oxygen atoms in total. The van der Waals surface area contributed by atoms with Crippen LogP contribution in [0.25, 0.3) is 12.2 Å². The summed E-state index contributed by atoms with van der Waals surface area (Å²) >= 11 is 0. The second-order valence-corrected chi connectivity index (χ2v) is 9.20. The van der Waals surface area contributed by atoms with Crippen LogP contribution in [0.5, 0.6) is 0 Å². The third-order valence-corrected chi connectivity index (χ3v) is 6.55. The molecule has 1 fully saturated rings. The van der Waals surface area contributed by atoms with Gasteiger partial charge >= 0.3 is 12.4 Å². The van der Waals surface area contributed by atoms with E-state index in [1.54, 1.807) is 37.5 Å². The maximum atomic E-state index is 13.1. The summed E-state index contributed by atoms with van der Waals surface area (Å²) in [6, 6.07) is 10.2. The van der Waals surface area contributed by atoms with Gasteiger partial charge in [0.1, 0.15) is 12.2 Å². The minimum Gasteiger partial charge on any atom is -0.376 e. The monoisotopic (exact) mass is 591 g/mol. The summed E-state index contributed by atoms with van der Waals surface area (Å²) in [5, 5.41) is 13.5. The molecule has 0 aromatic heterocycles. The molecule has 5 atom stereocenters. The van der Waals surface area contributed by atoms with Gasteiger partial charge in [-0.1, -0.05) is 65.8 Å². The summed E-state index contributed by atoms with van der Waals surface area (Å²) in [5.41, 5.74) is -4.58. The van der Waals surface area contributed by atoms with E-state index in [1.807, 2.05) is 13.8 Å². The summed E-state index contributed by atoms with van der Waals surface area (Å²) in [6.45, 7) is 4.13. The molecular weight excluding hydrogens is 560 g/mol. The number of ether oxygens (including phenoxy) is 4. The third kappa shape index (κ3) is 7.28. The molecule has 1 heterocycles.